The Morgan fingerprint density at radius 3 is 2.57 bits per heavy atom. The van der Waals surface area contributed by atoms with Gasteiger partial charge in [0, 0.05) is 21.7 Å². The minimum absolute atomic E-state index is 0.126. The van der Waals surface area contributed by atoms with Crippen LogP contribution in [0.15, 0.2) is 28.8 Å². The van der Waals surface area contributed by atoms with Crippen LogP contribution < -0.4 is 5.32 Å². The summed E-state index contributed by atoms with van der Waals surface area (Å²) >= 11 is 12.0. The van der Waals surface area contributed by atoms with E-state index >= 15 is 0 Å². The summed E-state index contributed by atoms with van der Waals surface area (Å²) in [5, 5.41) is 6.84. The van der Waals surface area contributed by atoms with Gasteiger partial charge in [-0.15, -0.1) is 0 Å². The second kappa shape index (κ2) is 7.48. The molecule has 23 heavy (non-hydrogen) atoms. The van der Waals surface area contributed by atoms with Crippen molar-refractivity contribution in [2.75, 3.05) is 5.32 Å². The lowest BCUT2D eigenvalue weighted by atomic mass is 10.1. The number of rotatable bonds is 5. The molecule has 0 aliphatic heterocycles. The smallest absolute Gasteiger partial charge is 0.311 e. The zero-order chi connectivity index (χ0) is 17.0. The van der Waals surface area contributed by atoms with E-state index in [1.165, 1.54) is 6.92 Å². The van der Waals surface area contributed by atoms with Crippen molar-refractivity contribution < 1.29 is 18.8 Å². The highest BCUT2D eigenvalue weighted by Crippen LogP contribution is 2.25. The van der Waals surface area contributed by atoms with Crippen LogP contribution in [0.5, 0.6) is 0 Å². The highest BCUT2D eigenvalue weighted by molar-refractivity contribution is 6.36. The number of esters is 1. The zero-order valence-corrected chi connectivity index (χ0v) is 13.9. The van der Waals surface area contributed by atoms with Gasteiger partial charge in [-0.1, -0.05) is 34.4 Å². The van der Waals surface area contributed by atoms with Crippen LogP contribution in [0.25, 0.3) is 0 Å². The van der Waals surface area contributed by atoms with Gasteiger partial charge in [-0.05, 0) is 26.0 Å². The number of amides is 1. The maximum Gasteiger partial charge on any atom is 0.311 e. The highest BCUT2D eigenvalue weighted by atomic mass is 35.5. The standard InChI is InChI=1S/C15H14Cl2N2O4/c1-8-6-13(19-23-8)18-15(21)9(2)22-14(20)7-10-11(16)4-3-5-12(10)17/h3-6,9H,7H2,1-2H3,(H,18,19,21). The quantitative estimate of drug-likeness (QED) is 0.830. The van der Waals surface area contributed by atoms with Gasteiger partial charge < -0.3 is 14.6 Å². The molecule has 1 N–H and O–H groups in total. The van der Waals surface area contributed by atoms with E-state index in [1.54, 1.807) is 31.2 Å². The summed E-state index contributed by atoms with van der Waals surface area (Å²) in [6.45, 7) is 3.15. The van der Waals surface area contributed by atoms with Crippen LogP contribution in [0, 0.1) is 6.92 Å². The van der Waals surface area contributed by atoms with Gasteiger partial charge >= 0.3 is 5.97 Å². The van der Waals surface area contributed by atoms with Crippen LogP contribution >= 0.6 is 23.2 Å². The predicted octanol–water partition coefficient (Wildman–Crippen LogP) is 3.40. The van der Waals surface area contributed by atoms with Crippen molar-refractivity contribution in [3.05, 3.63) is 45.6 Å². The minimum atomic E-state index is -0.999. The molecule has 1 heterocycles. The Morgan fingerprint density at radius 1 is 1.35 bits per heavy atom. The average molecular weight is 357 g/mol. The largest absolute Gasteiger partial charge is 0.452 e. The number of carbonyl (C=O) groups is 2. The van der Waals surface area contributed by atoms with Gasteiger partial charge in [-0.2, -0.15) is 0 Å². The summed E-state index contributed by atoms with van der Waals surface area (Å²) in [4.78, 5) is 23.9. The Balaban J connectivity index is 1.93. The van der Waals surface area contributed by atoms with Gasteiger partial charge in [0.2, 0.25) is 0 Å². The van der Waals surface area contributed by atoms with Crippen LogP contribution in [0.3, 0.4) is 0 Å². The predicted molar refractivity (Wildman–Crippen MR) is 85.6 cm³/mol. The fourth-order valence-corrected chi connectivity index (χ4v) is 2.32. The number of carbonyl (C=O) groups excluding carboxylic acids is 2. The number of benzene rings is 1. The first-order valence-electron chi connectivity index (χ1n) is 6.73. The molecule has 0 saturated carbocycles. The summed E-state index contributed by atoms with van der Waals surface area (Å²) in [7, 11) is 0. The number of ether oxygens (including phenoxy) is 1. The molecule has 0 fully saturated rings. The molecule has 0 bridgehead atoms. The third-order valence-corrected chi connectivity index (χ3v) is 3.65. The highest BCUT2D eigenvalue weighted by Gasteiger charge is 2.20. The molecule has 1 aromatic carbocycles. The number of nitrogens with one attached hydrogen (secondary N) is 1. The Kier molecular flexibility index (Phi) is 5.63. The molecule has 0 aliphatic rings. The monoisotopic (exact) mass is 356 g/mol. The second-order valence-corrected chi connectivity index (χ2v) is 5.64. The molecule has 8 heteroatoms. The van der Waals surface area contributed by atoms with Crippen LogP contribution in [0.4, 0.5) is 5.82 Å². The summed E-state index contributed by atoms with van der Waals surface area (Å²) in [6.07, 6.45) is -1.13. The van der Waals surface area contributed by atoms with Crippen molar-refractivity contribution in [1.29, 1.82) is 0 Å². The molecule has 1 atom stereocenters. The van der Waals surface area contributed by atoms with E-state index in [1.807, 2.05) is 0 Å². The Bertz CT molecular complexity index is 710. The van der Waals surface area contributed by atoms with Crippen molar-refractivity contribution in [3.63, 3.8) is 0 Å². The normalized spacial score (nSPS) is 11.8. The van der Waals surface area contributed by atoms with Crippen molar-refractivity contribution in [3.8, 4) is 0 Å². The third kappa shape index (κ3) is 4.71. The van der Waals surface area contributed by atoms with Gasteiger partial charge in [-0.25, -0.2) is 0 Å². The third-order valence-electron chi connectivity index (χ3n) is 2.94. The van der Waals surface area contributed by atoms with E-state index in [4.69, 9.17) is 32.5 Å². The molecular weight excluding hydrogens is 343 g/mol. The van der Waals surface area contributed by atoms with Crippen LogP contribution in [-0.4, -0.2) is 23.1 Å². The fourth-order valence-electron chi connectivity index (χ4n) is 1.79. The molecular formula is C15H14Cl2N2O4. The first-order chi connectivity index (χ1) is 10.9. The number of hydrogen-bond donors (Lipinski definition) is 1. The van der Waals surface area contributed by atoms with Crippen LogP contribution in [0.2, 0.25) is 10.0 Å². The van der Waals surface area contributed by atoms with E-state index in [0.29, 0.717) is 21.4 Å². The van der Waals surface area contributed by atoms with E-state index in [9.17, 15) is 9.59 Å². The Morgan fingerprint density at radius 2 is 2.00 bits per heavy atom. The lowest BCUT2D eigenvalue weighted by Crippen LogP contribution is -2.30. The zero-order valence-electron chi connectivity index (χ0n) is 12.4. The summed E-state index contributed by atoms with van der Waals surface area (Å²) < 4.78 is 9.91. The van der Waals surface area contributed by atoms with Gasteiger partial charge in [0.1, 0.15) is 5.76 Å². The lowest BCUT2D eigenvalue weighted by Gasteiger charge is -2.13. The molecule has 2 aromatic rings. The SMILES string of the molecule is Cc1cc(NC(=O)C(C)OC(=O)Cc2c(Cl)cccc2Cl)no1. The van der Waals surface area contributed by atoms with E-state index in [0.717, 1.165) is 0 Å². The minimum Gasteiger partial charge on any atom is -0.452 e. The number of halogens is 2. The maximum absolute atomic E-state index is 11.9. The molecule has 6 nitrogen and oxygen atoms in total. The molecule has 1 aromatic heterocycles. The fraction of sp³-hybridized carbons (Fsp3) is 0.267. The number of nitrogens with zero attached hydrogens (tertiary/aromatic N) is 1. The number of aromatic nitrogens is 1. The lowest BCUT2D eigenvalue weighted by molar-refractivity contribution is -0.152. The second-order valence-electron chi connectivity index (χ2n) is 4.82. The van der Waals surface area contributed by atoms with E-state index < -0.39 is 18.0 Å². The van der Waals surface area contributed by atoms with Crippen LogP contribution in [0.1, 0.15) is 18.2 Å². The molecule has 2 rings (SSSR count). The van der Waals surface area contributed by atoms with Crippen molar-refractivity contribution >= 4 is 40.9 Å². The van der Waals surface area contributed by atoms with Gasteiger partial charge in [0.25, 0.3) is 5.91 Å². The first kappa shape index (κ1) is 17.3. The van der Waals surface area contributed by atoms with Crippen molar-refractivity contribution in [1.82, 2.24) is 5.16 Å². The Hall–Kier alpha value is -2.05. The molecule has 0 saturated heterocycles. The maximum atomic E-state index is 11.9. The molecule has 122 valence electrons. The average Bonchev–Trinajstić information content (AvgIpc) is 2.88. The van der Waals surface area contributed by atoms with Gasteiger partial charge in [0.15, 0.2) is 11.9 Å². The van der Waals surface area contributed by atoms with E-state index in [-0.39, 0.29) is 12.2 Å². The number of anilines is 1. The molecule has 1 unspecified atom stereocenters. The Labute approximate surface area is 142 Å². The van der Waals surface area contributed by atoms with E-state index in [2.05, 4.69) is 10.5 Å². The summed E-state index contributed by atoms with van der Waals surface area (Å²) in [6, 6.07) is 6.48. The molecule has 0 spiro atoms. The van der Waals surface area contributed by atoms with Crippen molar-refractivity contribution in [2.24, 2.45) is 0 Å². The molecule has 0 aliphatic carbocycles. The molecule has 0 radical (unpaired) electrons. The number of aryl methyl sites for hydroxylation is 1. The van der Waals surface area contributed by atoms with Crippen LogP contribution in [-0.2, 0) is 20.7 Å². The van der Waals surface area contributed by atoms with Crippen molar-refractivity contribution in [2.45, 2.75) is 26.4 Å². The molecule has 1 amide bonds. The summed E-state index contributed by atoms with van der Waals surface area (Å²) in [5.74, 6) is -0.321. The topological polar surface area (TPSA) is 81.4 Å². The first-order valence-corrected chi connectivity index (χ1v) is 7.49. The number of hydrogen-bond acceptors (Lipinski definition) is 5. The van der Waals surface area contributed by atoms with Gasteiger partial charge in [-0.3, -0.25) is 9.59 Å². The van der Waals surface area contributed by atoms with Gasteiger partial charge in [0.05, 0.1) is 6.42 Å². The summed E-state index contributed by atoms with van der Waals surface area (Å²) in [5.41, 5.74) is 0.459.